The predicted molar refractivity (Wildman–Crippen MR) is 62.9 cm³/mol. The molecule has 0 spiro atoms. The molecule has 2 rings (SSSR count). The number of halogens is 2. The molecule has 1 aromatic heterocycles. The van der Waals surface area contributed by atoms with Crippen LogP contribution in [0.15, 0.2) is 4.52 Å². The first-order valence-corrected chi connectivity index (χ1v) is 6.84. The first-order valence-electron chi connectivity index (χ1n) is 5.68. The van der Waals surface area contributed by atoms with Gasteiger partial charge in [-0.15, -0.1) is 0 Å². The van der Waals surface area contributed by atoms with E-state index < -0.39 is 13.0 Å². The minimum atomic E-state index is -2.45. The Kier molecular flexibility index (Phi) is 4.90. The van der Waals surface area contributed by atoms with E-state index in [0.717, 1.165) is 11.5 Å². The fraction of sp³-hybridized carbons (Fsp3) is 0.800. The molecule has 102 valence electrons. The summed E-state index contributed by atoms with van der Waals surface area (Å²) in [4.78, 5) is 4.22. The Morgan fingerprint density at radius 3 is 3.00 bits per heavy atom. The lowest BCUT2D eigenvalue weighted by Gasteiger charge is -2.07. The lowest BCUT2D eigenvalue weighted by atomic mass is 10.1. The van der Waals surface area contributed by atoms with Crippen LogP contribution in [0.2, 0.25) is 0 Å². The van der Waals surface area contributed by atoms with E-state index in [1.54, 1.807) is 11.8 Å². The molecule has 8 heteroatoms. The molecule has 0 radical (unpaired) electrons. The molecule has 1 aliphatic heterocycles. The number of alkyl halides is 2. The van der Waals surface area contributed by atoms with Gasteiger partial charge in [0.15, 0.2) is 5.82 Å². The first-order chi connectivity index (χ1) is 8.66. The fourth-order valence-corrected chi connectivity index (χ4v) is 2.97. The van der Waals surface area contributed by atoms with Crippen LogP contribution >= 0.6 is 11.8 Å². The van der Waals surface area contributed by atoms with Crippen LogP contribution in [0.3, 0.4) is 0 Å². The Hall–Kier alpha value is -0.730. The molecule has 0 amide bonds. The van der Waals surface area contributed by atoms with Crippen LogP contribution in [0.5, 0.6) is 0 Å². The van der Waals surface area contributed by atoms with Crippen molar-refractivity contribution in [1.82, 2.24) is 10.1 Å². The van der Waals surface area contributed by atoms with Gasteiger partial charge in [-0.3, -0.25) is 0 Å². The lowest BCUT2D eigenvalue weighted by molar-refractivity contribution is 0.0182. The number of aromatic nitrogens is 2. The fourth-order valence-electron chi connectivity index (χ4n) is 1.68. The van der Waals surface area contributed by atoms with Gasteiger partial charge in [0.1, 0.15) is 6.61 Å². The number of nitrogens with two attached hydrogens (primary N) is 1. The molecule has 18 heavy (non-hydrogen) atoms. The van der Waals surface area contributed by atoms with Gasteiger partial charge in [-0.1, -0.05) is 5.16 Å². The van der Waals surface area contributed by atoms with Crippen LogP contribution in [0, 0.1) is 0 Å². The molecular weight excluding hydrogens is 264 g/mol. The molecule has 2 heterocycles. The summed E-state index contributed by atoms with van der Waals surface area (Å²) in [5.41, 5.74) is 5.92. The van der Waals surface area contributed by atoms with E-state index in [-0.39, 0.29) is 18.6 Å². The van der Waals surface area contributed by atoms with Crippen molar-refractivity contribution in [2.24, 2.45) is 5.73 Å². The molecule has 0 bridgehead atoms. The zero-order valence-electron chi connectivity index (χ0n) is 9.72. The van der Waals surface area contributed by atoms with Gasteiger partial charge in [-0.25, -0.2) is 8.78 Å². The van der Waals surface area contributed by atoms with Crippen molar-refractivity contribution in [2.75, 3.05) is 24.7 Å². The zero-order chi connectivity index (χ0) is 13.0. The van der Waals surface area contributed by atoms with Gasteiger partial charge >= 0.3 is 0 Å². The molecule has 1 saturated heterocycles. The second kappa shape index (κ2) is 6.44. The third kappa shape index (κ3) is 3.63. The van der Waals surface area contributed by atoms with Gasteiger partial charge in [0.25, 0.3) is 6.43 Å². The highest BCUT2D eigenvalue weighted by Crippen LogP contribution is 2.30. The molecule has 2 unspecified atom stereocenters. The summed E-state index contributed by atoms with van der Waals surface area (Å²) in [6.07, 6.45) is -2.08. The summed E-state index contributed by atoms with van der Waals surface area (Å²) in [6.45, 7) is -0.399. The van der Waals surface area contributed by atoms with E-state index in [1.807, 2.05) is 0 Å². The predicted octanol–water partition coefficient (Wildman–Crippen LogP) is 1.05. The summed E-state index contributed by atoms with van der Waals surface area (Å²) in [7, 11) is 0. The van der Waals surface area contributed by atoms with Crippen molar-refractivity contribution in [2.45, 2.75) is 24.8 Å². The smallest absolute Gasteiger partial charge is 0.261 e. The Labute approximate surface area is 107 Å². The minimum Gasteiger partial charge on any atom is -0.375 e. The average Bonchev–Trinajstić information content (AvgIpc) is 2.92. The zero-order valence-corrected chi connectivity index (χ0v) is 10.5. The summed E-state index contributed by atoms with van der Waals surface area (Å²) in [5, 5.41) is 3.79. The van der Waals surface area contributed by atoms with Crippen molar-refractivity contribution < 1.29 is 18.0 Å². The average molecular weight is 279 g/mol. The van der Waals surface area contributed by atoms with E-state index >= 15 is 0 Å². The second-order valence-corrected chi connectivity index (χ2v) is 5.15. The van der Waals surface area contributed by atoms with Crippen molar-refractivity contribution in [3.8, 4) is 0 Å². The molecule has 1 aliphatic rings. The first kappa shape index (κ1) is 13.7. The van der Waals surface area contributed by atoms with Crippen LogP contribution in [0.25, 0.3) is 0 Å². The van der Waals surface area contributed by atoms with E-state index in [0.29, 0.717) is 18.1 Å². The highest BCUT2D eigenvalue weighted by Gasteiger charge is 2.30. The maximum absolute atomic E-state index is 11.8. The molecule has 0 aromatic carbocycles. The number of hydrogen-bond donors (Lipinski definition) is 1. The number of ether oxygens (including phenoxy) is 1. The Bertz CT molecular complexity index is 378. The largest absolute Gasteiger partial charge is 0.375 e. The van der Waals surface area contributed by atoms with Gasteiger partial charge in [-0.2, -0.15) is 16.7 Å². The molecular formula is C10H15F2N3O2S. The highest BCUT2D eigenvalue weighted by molar-refractivity contribution is 7.99. The molecule has 0 saturated carbocycles. The van der Waals surface area contributed by atoms with Crippen LogP contribution < -0.4 is 5.73 Å². The number of hydrogen-bond acceptors (Lipinski definition) is 6. The van der Waals surface area contributed by atoms with Gasteiger partial charge in [-0.05, 0) is 0 Å². The maximum Gasteiger partial charge on any atom is 0.261 e. The summed E-state index contributed by atoms with van der Waals surface area (Å²) in [5.74, 6) is 2.88. The van der Waals surface area contributed by atoms with Crippen LogP contribution in [0.4, 0.5) is 8.78 Å². The van der Waals surface area contributed by atoms with Crippen LogP contribution in [0.1, 0.15) is 17.6 Å². The molecule has 1 aromatic rings. The van der Waals surface area contributed by atoms with Gasteiger partial charge in [0.2, 0.25) is 5.89 Å². The maximum atomic E-state index is 11.8. The SMILES string of the molecule is NC1CSCC1c1nc(CCOCC(F)F)no1. The second-order valence-electron chi connectivity index (χ2n) is 4.07. The third-order valence-corrected chi connectivity index (χ3v) is 3.85. The topological polar surface area (TPSA) is 74.2 Å². The third-order valence-electron chi connectivity index (χ3n) is 2.64. The molecule has 5 nitrogen and oxygen atoms in total. The van der Waals surface area contributed by atoms with Crippen molar-refractivity contribution in [1.29, 1.82) is 0 Å². The van der Waals surface area contributed by atoms with E-state index in [2.05, 4.69) is 10.1 Å². The normalized spacial score (nSPS) is 24.0. The van der Waals surface area contributed by atoms with Crippen LogP contribution in [-0.2, 0) is 11.2 Å². The molecule has 2 atom stereocenters. The summed E-state index contributed by atoms with van der Waals surface area (Å²) >= 11 is 1.76. The molecule has 1 fully saturated rings. The van der Waals surface area contributed by atoms with E-state index in [4.69, 9.17) is 15.0 Å². The van der Waals surface area contributed by atoms with E-state index in [1.165, 1.54) is 0 Å². The molecule has 0 aliphatic carbocycles. The van der Waals surface area contributed by atoms with Crippen LogP contribution in [-0.4, -0.2) is 47.3 Å². The monoisotopic (exact) mass is 279 g/mol. The van der Waals surface area contributed by atoms with Gasteiger partial charge in [0, 0.05) is 24.0 Å². The number of thioether (sulfide) groups is 1. The number of rotatable bonds is 6. The summed E-state index contributed by atoms with van der Waals surface area (Å²) < 4.78 is 33.5. The summed E-state index contributed by atoms with van der Waals surface area (Å²) in [6, 6.07) is 0.0402. The van der Waals surface area contributed by atoms with Gasteiger partial charge < -0.3 is 15.0 Å². The van der Waals surface area contributed by atoms with Crippen molar-refractivity contribution >= 4 is 11.8 Å². The van der Waals surface area contributed by atoms with Crippen molar-refractivity contribution in [3.05, 3.63) is 11.7 Å². The van der Waals surface area contributed by atoms with Crippen molar-refractivity contribution in [3.63, 3.8) is 0 Å². The van der Waals surface area contributed by atoms with Gasteiger partial charge in [0.05, 0.1) is 12.5 Å². The highest BCUT2D eigenvalue weighted by atomic mass is 32.2. The molecule has 2 N–H and O–H groups in total. The Balaban J connectivity index is 1.79. The Morgan fingerprint density at radius 2 is 2.33 bits per heavy atom. The number of nitrogens with zero attached hydrogens (tertiary/aromatic N) is 2. The Morgan fingerprint density at radius 1 is 1.50 bits per heavy atom. The quantitative estimate of drug-likeness (QED) is 0.785. The van der Waals surface area contributed by atoms with E-state index in [9.17, 15) is 8.78 Å². The standard InChI is InChI=1S/C10H15F2N3O2S/c11-8(12)3-16-2-1-9-14-10(17-15-9)6-4-18-5-7(6)13/h6-8H,1-5,13H2. The minimum absolute atomic E-state index is 0.0402. The lowest BCUT2D eigenvalue weighted by Crippen LogP contribution is -2.26.